The molecule has 14 nitrogen and oxygen atoms in total. The summed E-state index contributed by atoms with van der Waals surface area (Å²) in [5, 5.41) is 22.4. The van der Waals surface area contributed by atoms with Crippen LogP contribution in [0.3, 0.4) is 0 Å². The second kappa shape index (κ2) is 14.3. The quantitative estimate of drug-likeness (QED) is 0.372. The van der Waals surface area contributed by atoms with Crippen molar-refractivity contribution in [3.05, 3.63) is 35.5 Å². The summed E-state index contributed by atoms with van der Waals surface area (Å²) < 4.78 is 11.1. The van der Waals surface area contributed by atoms with E-state index >= 15 is 0 Å². The van der Waals surface area contributed by atoms with Crippen LogP contribution < -0.4 is 10.1 Å². The molecule has 2 aromatic rings. The highest BCUT2D eigenvalue weighted by atomic mass is 16.6. The van der Waals surface area contributed by atoms with Crippen LogP contribution in [0.5, 0.6) is 5.75 Å². The third kappa shape index (κ3) is 7.92. The second-order valence-electron chi connectivity index (χ2n) is 11.0. The Morgan fingerprint density at radius 3 is 2.25 bits per heavy atom. The highest BCUT2D eigenvalue weighted by Gasteiger charge is 2.33. The minimum Gasteiger partial charge on any atom is -0.481 e. The number of aliphatic carboxylic acids is 1. The van der Waals surface area contributed by atoms with Crippen LogP contribution in [0.2, 0.25) is 0 Å². The van der Waals surface area contributed by atoms with Crippen molar-refractivity contribution in [2.24, 2.45) is 0 Å². The van der Waals surface area contributed by atoms with Crippen LogP contribution in [0, 0.1) is 6.92 Å². The Bertz CT molecular complexity index is 1400. The van der Waals surface area contributed by atoms with Gasteiger partial charge in [-0.15, -0.1) is 0 Å². The number of piperidine rings is 1. The molecule has 0 bridgehead atoms. The van der Waals surface area contributed by atoms with Gasteiger partial charge in [-0.3, -0.25) is 19.2 Å². The maximum absolute atomic E-state index is 13.5. The molecule has 4 rings (SSSR count). The molecular weight excluding hydrogens is 574 g/mol. The van der Waals surface area contributed by atoms with Crippen molar-refractivity contribution in [1.82, 2.24) is 25.0 Å². The monoisotopic (exact) mass is 613 g/mol. The molecule has 3 heterocycles. The van der Waals surface area contributed by atoms with Crippen LogP contribution in [0.15, 0.2) is 24.3 Å². The number of hydrogen-bond donors (Lipinski definition) is 3. The highest BCUT2D eigenvalue weighted by Crippen LogP contribution is 2.28. The summed E-state index contributed by atoms with van der Waals surface area (Å²) in [6.07, 6.45) is -1.52. The van der Waals surface area contributed by atoms with E-state index in [1.165, 1.54) is 15.9 Å². The molecule has 0 saturated carbocycles. The summed E-state index contributed by atoms with van der Waals surface area (Å²) in [6.45, 7) is 6.92. The third-order valence-corrected chi connectivity index (χ3v) is 7.69. The molecule has 2 fully saturated rings. The molecule has 238 valence electrons. The number of aromatic nitrogens is 1. The van der Waals surface area contributed by atoms with Gasteiger partial charge in [0.1, 0.15) is 17.5 Å². The maximum Gasteiger partial charge on any atom is 0.409 e. The zero-order chi connectivity index (χ0) is 32.0. The Morgan fingerprint density at radius 2 is 1.61 bits per heavy atom. The number of carbonyl (C=O) groups excluding carboxylic acids is 4. The van der Waals surface area contributed by atoms with Gasteiger partial charge in [0, 0.05) is 50.7 Å². The van der Waals surface area contributed by atoms with E-state index in [-0.39, 0.29) is 50.1 Å². The van der Waals surface area contributed by atoms with Crippen LogP contribution in [0.1, 0.15) is 49.2 Å². The molecule has 0 aliphatic carbocycles. The smallest absolute Gasteiger partial charge is 0.409 e. The lowest BCUT2D eigenvalue weighted by molar-refractivity contribution is -0.143. The standard InChI is InChI=1S/C30H39N5O9/c1-4-43-30(42)35-13-11-34(12-14-35)29(41)24(17-26(37)38)32-27(39)23-16-25(21-6-5-18(2)15-22(21)31-23)44-19(3)28(40)33-9-7-20(36)8-10-33/h5-6,15-16,19-20,24,36H,4,7-14,17H2,1-3H3,(H,32,39)(H,37,38)/t19-,24-/m0/s1. The molecular formula is C30H39N5O9. The molecule has 14 heteroatoms. The number of carboxylic acids is 1. The van der Waals surface area contributed by atoms with Gasteiger partial charge in [-0.25, -0.2) is 9.78 Å². The number of carbonyl (C=O) groups is 5. The molecule has 0 spiro atoms. The largest absolute Gasteiger partial charge is 0.481 e. The lowest BCUT2D eigenvalue weighted by atomic mass is 10.1. The Balaban J connectivity index is 1.52. The number of rotatable bonds is 9. The molecule has 0 radical (unpaired) electrons. The van der Waals surface area contributed by atoms with Gasteiger partial charge in [-0.1, -0.05) is 6.07 Å². The van der Waals surface area contributed by atoms with Crippen molar-refractivity contribution in [2.45, 2.75) is 58.3 Å². The van der Waals surface area contributed by atoms with Gasteiger partial charge >= 0.3 is 12.1 Å². The number of nitrogens with zero attached hydrogens (tertiary/aromatic N) is 4. The molecule has 2 saturated heterocycles. The van der Waals surface area contributed by atoms with E-state index in [2.05, 4.69) is 10.3 Å². The summed E-state index contributed by atoms with van der Waals surface area (Å²) in [5.41, 5.74) is 1.17. The Kier molecular flexibility index (Phi) is 10.6. The average Bonchev–Trinajstić information content (AvgIpc) is 3.00. The number of ether oxygens (including phenoxy) is 2. The van der Waals surface area contributed by atoms with Gasteiger partial charge in [-0.2, -0.15) is 0 Å². The van der Waals surface area contributed by atoms with E-state index in [1.807, 2.05) is 13.0 Å². The summed E-state index contributed by atoms with van der Waals surface area (Å²) >= 11 is 0. The molecule has 1 aromatic carbocycles. The van der Waals surface area contributed by atoms with E-state index < -0.39 is 48.5 Å². The lowest BCUT2D eigenvalue weighted by Crippen LogP contribution is -2.56. The molecule has 44 heavy (non-hydrogen) atoms. The van der Waals surface area contributed by atoms with Gasteiger partial charge in [0.25, 0.3) is 11.8 Å². The Labute approximate surface area is 254 Å². The number of aliphatic hydroxyl groups excluding tert-OH is 1. The first kappa shape index (κ1) is 32.5. The number of pyridine rings is 1. The first-order valence-corrected chi connectivity index (χ1v) is 14.7. The Hall–Kier alpha value is -4.46. The maximum atomic E-state index is 13.5. The third-order valence-electron chi connectivity index (χ3n) is 7.69. The van der Waals surface area contributed by atoms with E-state index in [9.17, 15) is 34.2 Å². The van der Waals surface area contributed by atoms with Gasteiger partial charge in [-0.05, 0) is 51.3 Å². The normalized spacial score (nSPS) is 17.1. The summed E-state index contributed by atoms with van der Waals surface area (Å²) in [5.74, 6) is -2.68. The lowest BCUT2D eigenvalue weighted by Gasteiger charge is -2.35. The van der Waals surface area contributed by atoms with Crippen molar-refractivity contribution >= 4 is 40.7 Å². The van der Waals surface area contributed by atoms with Crippen LogP contribution in [0.4, 0.5) is 4.79 Å². The zero-order valence-corrected chi connectivity index (χ0v) is 25.2. The predicted octanol–water partition coefficient (Wildman–Crippen LogP) is 1.17. The number of carboxylic acid groups (broad SMARTS) is 1. The van der Waals surface area contributed by atoms with Crippen molar-refractivity contribution < 1.29 is 43.7 Å². The van der Waals surface area contributed by atoms with Gasteiger partial charge < -0.3 is 39.7 Å². The van der Waals surface area contributed by atoms with Crippen LogP contribution in [0.25, 0.3) is 10.9 Å². The first-order valence-electron chi connectivity index (χ1n) is 14.7. The fourth-order valence-electron chi connectivity index (χ4n) is 5.26. The van der Waals surface area contributed by atoms with E-state index in [0.29, 0.717) is 36.8 Å². The van der Waals surface area contributed by atoms with E-state index in [1.54, 1.807) is 30.9 Å². The molecule has 3 N–H and O–H groups in total. The number of piperazine rings is 1. The van der Waals surface area contributed by atoms with E-state index in [4.69, 9.17) is 9.47 Å². The van der Waals surface area contributed by atoms with Gasteiger partial charge in [0.2, 0.25) is 5.91 Å². The second-order valence-corrected chi connectivity index (χ2v) is 11.0. The number of amides is 4. The van der Waals surface area contributed by atoms with Gasteiger partial charge in [0.15, 0.2) is 6.10 Å². The summed E-state index contributed by atoms with van der Waals surface area (Å²) in [7, 11) is 0. The number of fused-ring (bicyclic) bond motifs is 1. The molecule has 1 aromatic heterocycles. The van der Waals surface area contributed by atoms with Crippen LogP contribution >= 0.6 is 0 Å². The number of aliphatic hydroxyl groups is 1. The molecule has 2 atom stereocenters. The van der Waals surface area contributed by atoms with Gasteiger partial charge in [0.05, 0.1) is 24.6 Å². The van der Waals surface area contributed by atoms with Crippen molar-refractivity contribution in [1.29, 1.82) is 0 Å². The zero-order valence-electron chi connectivity index (χ0n) is 25.2. The Morgan fingerprint density at radius 1 is 0.977 bits per heavy atom. The van der Waals surface area contributed by atoms with E-state index in [0.717, 1.165) is 5.56 Å². The number of nitrogens with one attached hydrogen (secondary N) is 1. The van der Waals surface area contributed by atoms with Crippen molar-refractivity contribution in [3.63, 3.8) is 0 Å². The van der Waals surface area contributed by atoms with Crippen LogP contribution in [-0.4, -0.2) is 124 Å². The minimum absolute atomic E-state index is 0.117. The average molecular weight is 614 g/mol. The summed E-state index contributed by atoms with van der Waals surface area (Å²) in [4.78, 5) is 72.5. The fourth-order valence-corrected chi connectivity index (χ4v) is 5.26. The summed E-state index contributed by atoms with van der Waals surface area (Å²) in [6, 6.07) is 5.36. The predicted molar refractivity (Wildman–Crippen MR) is 157 cm³/mol. The highest BCUT2D eigenvalue weighted by molar-refractivity contribution is 6.00. The SMILES string of the molecule is CCOC(=O)N1CCN(C(=O)[C@H](CC(=O)O)NC(=O)c2cc(O[C@@H](C)C(=O)N3CCC(O)CC3)c3ccc(C)cc3n2)CC1. The number of likely N-dealkylation sites (tertiary alicyclic amines) is 1. The minimum atomic E-state index is -1.39. The molecule has 0 unspecified atom stereocenters. The number of hydrogen-bond acceptors (Lipinski definition) is 9. The topological polar surface area (TPSA) is 179 Å². The molecule has 4 amide bonds. The first-order chi connectivity index (χ1) is 21.0. The molecule has 2 aliphatic heterocycles. The molecule has 2 aliphatic rings. The van der Waals surface area contributed by atoms with Crippen LogP contribution in [-0.2, 0) is 19.1 Å². The van der Waals surface area contributed by atoms with Crippen molar-refractivity contribution in [3.8, 4) is 5.75 Å². The van der Waals surface area contributed by atoms with Crippen molar-refractivity contribution in [2.75, 3.05) is 45.9 Å². The fraction of sp³-hybridized carbons (Fsp3) is 0.533. The number of benzene rings is 1. The number of aryl methyl sites for hydroxylation is 1.